The summed E-state index contributed by atoms with van der Waals surface area (Å²) in [5.74, 6) is 0.634. The molecule has 2 atom stereocenters. The van der Waals surface area contributed by atoms with Crippen LogP contribution >= 0.6 is 11.8 Å². The van der Waals surface area contributed by atoms with Crippen molar-refractivity contribution in [1.82, 2.24) is 4.72 Å². The van der Waals surface area contributed by atoms with Crippen molar-refractivity contribution in [2.75, 3.05) is 11.1 Å². The number of rotatable bonds is 4. The van der Waals surface area contributed by atoms with E-state index < -0.39 is 10.0 Å². The molecule has 0 bridgehead atoms. The van der Waals surface area contributed by atoms with Gasteiger partial charge in [0.2, 0.25) is 10.0 Å². The van der Waals surface area contributed by atoms with Gasteiger partial charge in [-0.2, -0.15) is 0 Å². The molecule has 28 heavy (non-hydrogen) atoms. The minimum absolute atomic E-state index is 0.169. The van der Waals surface area contributed by atoms with Gasteiger partial charge in [-0.15, -0.1) is 11.8 Å². The van der Waals surface area contributed by atoms with Crippen molar-refractivity contribution in [2.24, 2.45) is 0 Å². The van der Waals surface area contributed by atoms with Crippen LogP contribution in [0.25, 0.3) is 0 Å². The normalized spacial score (nSPS) is 19.3. The highest BCUT2D eigenvalue weighted by atomic mass is 32.2. The third-order valence-corrected chi connectivity index (χ3v) is 7.51. The van der Waals surface area contributed by atoms with E-state index in [4.69, 9.17) is 0 Å². The van der Waals surface area contributed by atoms with Crippen molar-refractivity contribution >= 4 is 27.5 Å². The molecule has 0 radical (unpaired) electrons. The molecule has 3 aromatic carbocycles. The zero-order chi connectivity index (χ0) is 19.6. The van der Waals surface area contributed by atoms with Crippen LogP contribution in [0.1, 0.15) is 17.2 Å². The van der Waals surface area contributed by atoms with E-state index in [-0.39, 0.29) is 17.0 Å². The minimum atomic E-state index is -3.62. The Balaban J connectivity index is 1.68. The molecule has 0 aromatic heterocycles. The number of benzene rings is 3. The molecule has 144 valence electrons. The fourth-order valence-corrected chi connectivity index (χ4v) is 5.76. The molecule has 3 aromatic rings. The van der Waals surface area contributed by atoms with Gasteiger partial charge in [0, 0.05) is 16.3 Å². The maximum atomic E-state index is 13.0. The van der Waals surface area contributed by atoms with E-state index in [2.05, 4.69) is 16.1 Å². The van der Waals surface area contributed by atoms with Crippen LogP contribution in [0.2, 0.25) is 0 Å². The van der Waals surface area contributed by atoms with Crippen LogP contribution in [-0.4, -0.2) is 20.2 Å². The summed E-state index contributed by atoms with van der Waals surface area (Å²) in [6, 6.07) is 24.6. The topological polar surface area (TPSA) is 58.2 Å². The van der Waals surface area contributed by atoms with Crippen LogP contribution in [-0.2, 0) is 10.0 Å². The molecule has 0 fully saturated rings. The predicted octanol–water partition coefficient (Wildman–Crippen LogP) is 4.60. The molecule has 0 amide bonds. The molecule has 1 aliphatic heterocycles. The van der Waals surface area contributed by atoms with Gasteiger partial charge in [-0.05, 0) is 36.8 Å². The van der Waals surface area contributed by atoms with Gasteiger partial charge in [-0.25, -0.2) is 13.1 Å². The Bertz CT molecular complexity index is 1050. The molecule has 0 spiro atoms. The lowest BCUT2D eigenvalue weighted by molar-refractivity contribution is 0.537. The Morgan fingerprint density at radius 1 is 0.929 bits per heavy atom. The number of hydrogen-bond acceptors (Lipinski definition) is 4. The first-order chi connectivity index (χ1) is 13.5. The molecule has 4 rings (SSSR count). The highest BCUT2D eigenvalue weighted by Gasteiger charge is 2.31. The van der Waals surface area contributed by atoms with Crippen LogP contribution < -0.4 is 10.0 Å². The van der Waals surface area contributed by atoms with Crippen molar-refractivity contribution in [3.05, 3.63) is 90.0 Å². The Morgan fingerprint density at radius 3 is 2.36 bits per heavy atom. The second-order valence-corrected chi connectivity index (χ2v) is 9.66. The molecule has 1 aliphatic rings. The second-order valence-electron chi connectivity index (χ2n) is 6.88. The molecular formula is C22H22N2O2S2. The fraction of sp³-hybridized carbons (Fsp3) is 0.182. The van der Waals surface area contributed by atoms with E-state index in [0.29, 0.717) is 5.75 Å². The first-order valence-corrected chi connectivity index (χ1v) is 11.6. The van der Waals surface area contributed by atoms with Crippen LogP contribution in [0, 0.1) is 6.92 Å². The van der Waals surface area contributed by atoms with Crippen LogP contribution in [0.3, 0.4) is 0 Å². The minimum Gasteiger partial charge on any atom is -0.376 e. The quantitative estimate of drug-likeness (QED) is 0.660. The van der Waals surface area contributed by atoms with Crippen molar-refractivity contribution in [1.29, 1.82) is 0 Å². The summed E-state index contributed by atoms with van der Waals surface area (Å²) < 4.78 is 29.0. The van der Waals surface area contributed by atoms with E-state index >= 15 is 0 Å². The standard InChI is InChI=1S/C22H22N2O2S2/c1-16-11-13-18(14-12-16)28(25,26)24-20-15-27-21-10-6-5-9-19(21)23-22(20)17-7-3-2-4-8-17/h2-14,20,22-24H,15H2,1H3/t20-,22+/m0/s1. The van der Waals surface area contributed by atoms with Gasteiger partial charge < -0.3 is 5.32 Å². The number of thioether (sulfide) groups is 1. The van der Waals surface area contributed by atoms with Gasteiger partial charge in [0.1, 0.15) is 0 Å². The Kier molecular flexibility index (Phi) is 5.44. The average molecular weight is 411 g/mol. The first-order valence-electron chi connectivity index (χ1n) is 9.15. The largest absolute Gasteiger partial charge is 0.376 e. The Labute approximate surface area is 170 Å². The van der Waals surface area contributed by atoms with E-state index in [9.17, 15) is 8.42 Å². The smallest absolute Gasteiger partial charge is 0.240 e. The van der Waals surface area contributed by atoms with Crippen molar-refractivity contribution in [3.63, 3.8) is 0 Å². The number of fused-ring (bicyclic) bond motifs is 1. The second kappa shape index (κ2) is 7.99. The van der Waals surface area contributed by atoms with Gasteiger partial charge in [0.05, 0.1) is 17.0 Å². The maximum absolute atomic E-state index is 13.0. The molecule has 4 nitrogen and oxygen atoms in total. The van der Waals surface area contributed by atoms with Gasteiger partial charge in [0.25, 0.3) is 0 Å². The SMILES string of the molecule is Cc1ccc(S(=O)(=O)N[C@H]2CSc3ccccc3N[C@@H]2c2ccccc2)cc1. The number of sulfonamides is 1. The van der Waals surface area contributed by atoms with Crippen molar-refractivity contribution < 1.29 is 8.42 Å². The fourth-order valence-electron chi connectivity index (χ4n) is 3.32. The maximum Gasteiger partial charge on any atom is 0.240 e. The molecule has 2 N–H and O–H groups in total. The van der Waals surface area contributed by atoms with Crippen LogP contribution in [0.5, 0.6) is 0 Å². The summed E-state index contributed by atoms with van der Waals surface area (Å²) in [7, 11) is -3.62. The molecule has 1 heterocycles. The summed E-state index contributed by atoms with van der Waals surface area (Å²) in [6.07, 6.45) is 0. The summed E-state index contributed by atoms with van der Waals surface area (Å²) in [5.41, 5.74) is 3.11. The Morgan fingerprint density at radius 2 is 1.61 bits per heavy atom. The third kappa shape index (κ3) is 4.09. The monoisotopic (exact) mass is 410 g/mol. The van der Waals surface area contributed by atoms with E-state index in [1.807, 2.05) is 67.6 Å². The summed E-state index contributed by atoms with van der Waals surface area (Å²) in [4.78, 5) is 1.41. The number of nitrogens with one attached hydrogen (secondary N) is 2. The number of anilines is 1. The number of para-hydroxylation sites is 1. The number of hydrogen-bond donors (Lipinski definition) is 2. The number of aryl methyl sites for hydroxylation is 1. The van der Waals surface area contributed by atoms with Crippen LogP contribution in [0.4, 0.5) is 5.69 Å². The lowest BCUT2D eigenvalue weighted by Crippen LogP contribution is -2.43. The van der Waals surface area contributed by atoms with Crippen molar-refractivity contribution in [2.45, 2.75) is 28.8 Å². The highest BCUT2D eigenvalue weighted by Crippen LogP contribution is 2.37. The van der Waals surface area contributed by atoms with E-state index in [1.54, 1.807) is 23.9 Å². The molecule has 6 heteroatoms. The lowest BCUT2D eigenvalue weighted by atomic mass is 10.0. The van der Waals surface area contributed by atoms with Gasteiger partial charge in [-0.1, -0.05) is 60.2 Å². The summed E-state index contributed by atoms with van der Waals surface area (Å²) in [6.45, 7) is 1.94. The molecule has 0 unspecified atom stereocenters. The van der Waals surface area contributed by atoms with E-state index in [1.165, 1.54) is 0 Å². The van der Waals surface area contributed by atoms with Gasteiger partial charge >= 0.3 is 0 Å². The molecule has 0 saturated heterocycles. The molecule has 0 saturated carbocycles. The zero-order valence-electron chi connectivity index (χ0n) is 15.5. The van der Waals surface area contributed by atoms with Crippen molar-refractivity contribution in [3.8, 4) is 0 Å². The van der Waals surface area contributed by atoms with Gasteiger partial charge in [0.15, 0.2) is 0 Å². The summed E-state index contributed by atoms with van der Waals surface area (Å²) >= 11 is 1.66. The predicted molar refractivity (Wildman–Crippen MR) is 115 cm³/mol. The summed E-state index contributed by atoms with van der Waals surface area (Å²) in [5, 5.41) is 3.56. The highest BCUT2D eigenvalue weighted by molar-refractivity contribution is 7.99. The molecular weight excluding hydrogens is 388 g/mol. The van der Waals surface area contributed by atoms with E-state index in [0.717, 1.165) is 21.7 Å². The molecule has 0 aliphatic carbocycles. The third-order valence-electron chi connectivity index (χ3n) is 4.82. The zero-order valence-corrected chi connectivity index (χ0v) is 17.1. The van der Waals surface area contributed by atoms with Crippen LogP contribution in [0.15, 0.2) is 88.7 Å². The van der Waals surface area contributed by atoms with Gasteiger partial charge in [-0.3, -0.25) is 0 Å². The first kappa shape index (κ1) is 19.1. The average Bonchev–Trinajstić information content (AvgIpc) is 2.88. The lowest BCUT2D eigenvalue weighted by Gasteiger charge is -2.27. The Hall–Kier alpha value is -2.28.